The van der Waals surface area contributed by atoms with Crippen LogP contribution in [0.5, 0.6) is 0 Å². The fraction of sp³-hybridized carbons (Fsp3) is 0.444. The van der Waals surface area contributed by atoms with E-state index in [1.807, 2.05) is 0 Å². The molecule has 2 amide bonds. The van der Waals surface area contributed by atoms with Gasteiger partial charge in [-0.1, -0.05) is 31.0 Å². The molecule has 0 radical (unpaired) electrons. The average molecular weight is 414 g/mol. The van der Waals surface area contributed by atoms with Gasteiger partial charge >= 0.3 is 0 Å². The van der Waals surface area contributed by atoms with Crippen LogP contribution in [0.4, 0.5) is 0 Å². The van der Waals surface area contributed by atoms with E-state index in [1.54, 1.807) is 0 Å². The molecule has 0 aromatic heterocycles. The number of halogens is 1. The Labute approximate surface area is 164 Å². The van der Waals surface area contributed by atoms with Crippen LogP contribution in [0, 0.1) is 0 Å². The van der Waals surface area contributed by atoms with Crippen molar-refractivity contribution in [1.29, 1.82) is 0 Å². The first-order chi connectivity index (χ1) is 12.9. The summed E-state index contributed by atoms with van der Waals surface area (Å²) >= 11 is 6.13. The number of benzene rings is 1. The average Bonchev–Trinajstić information content (AvgIpc) is 2.95. The molecule has 0 atom stereocenters. The van der Waals surface area contributed by atoms with Gasteiger partial charge in [0.1, 0.15) is 4.90 Å². The maximum Gasteiger partial charge on any atom is 0.251 e. The zero-order valence-corrected chi connectivity index (χ0v) is 16.6. The molecule has 1 aliphatic heterocycles. The Morgan fingerprint density at radius 2 is 1.74 bits per heavy atom. The van der Waals surface area contributed by atoms with Crippen molar-refractivity contribution in [2.75, 3.05) is 26.2 Å². The molecule has 148 valence electrons. The number of nitrogens with one attached hydrogen (secondary N) is 2. The normalized spacial score (nSPS) is 15.6. The largest absolute Gasteiger partial charge is 0.351 e. The van der Waals surface area contributed by atoms with Gasteiger partial charge in [0, 0.05) is 31.7 Å². The molecule has 0 unspecified atom stereocenters. The summed E-state index contributed by atoms with van der Waals surface area (Å²) in [7, 11) is -3.76. The fourth-order valence-electron chi connectivity index (χ4n) is 2.80. The van der Waals surface area contributed by atoms with Gasteiger partial charge in [-0.15, -0.1) is 0 Å². The number of rotatable bonds is 7. The summed E-state index contributed by atoms with van der Waals surface area (Å²) in [5.41, 5.74) is 0.197. The Hall–Kier alpha value is -1.90. The standard InChI is InChI=1S/C18H24ClN3O4S/c1-2-17(23)20-9-10-21-18(24)14-7-8-15(19)16(13-14)27(25,26)22-11-5-3-4-6-12-22/h2,7-8,13H,1,3-6,9-12H2,(H,20,23)(H,21,24). The van der Waals surface area contributed by atoms with E-state index in [0.29, 0.717) is 13.1 Å². The van der Waals surface area contributed by atoms with Crippen LogP contribution in [-0.4, -0.2) is 50.7 Å². The molecule has 27 heavy (non-hydrogen) atoms. The molecule has 7 nitrogen and oxygen atoms in total. The Balaban J connectivity index is 2.11. The van der Waals surface area contributed by atoms with E-state index < -0.39 is 15.9 Å². The number of hydrogen-bond acceptors (Lipinski definition) is 4. The quantitative estimate of drug-likeness (QED) is 0.527. The van der Waals surface area contributed by atoms with Crippen molar-refractivity contribution in [1.82, 2.24) is 14.9 Å². The van der Waals surface area contributed by atoms with E-state index in [1.165, 1.54) is 22.5 Å². The molecular formula is C18H24ClN3O4S. The molecule has 1 saturated heterocycles. The van der Waals surface area contributed by atoms with Crippen LogP contribution in [0.15, 0.2) is 35.7 Å². The van der Waals surface area contributed by atoms with Crippen LogP contribution in [0.25, 0.3) is 0 Å². The van der Waals surface area contributed by atoms with Crippen LogP contribution >= 0.6 is 11.6 Å². The van der Waals surface area contributed by atoms with Crippen LogP contribution in [0.3, 0.4) is 0 Å². The van der Waals surface area contributed by atoms with E-state index in [9.17, 15) is 18.0 Å². The number of hydrogen-bond donors (Lipinski definition) is 2. The SMILES string of the molecule is C=CC(=O)NCCNC(=O)c1ccc(Cl)c(S(=O)(=O)N2CCCCCC2)c1. The predicted octanol–water partition coefficient (Wildman–Crippen LogP) is 1.94. The minimum atomic E-state index is -3.76. The molecule has 2 rings (SSSR count). The van der Waals surface area contributed by atoms with E-state index in [0.717, 1.165) is 31.8 Å². The second-order valence-corrected chi connectivity index (χ2v) is 8.53. The second kappa shape index (κ2) is 9.87. The van der Waals surface area contributed by atoms with Gasteiger partial charge in [0.25, 0.3) is 5.91 Å². The topological polar surface area (TPSA) is 95.6 Å². The van der Waals surface area contributed by atoms with Gasteiger partial charge in [0.15, 0.2) is 0 Å². The number of carbonyl (C=O) groups is 2. The number of amides is 2. The zero-order valence-electron chi connectivity index (χ0n) is 15.0. The molecule has 0 saturated carbocycles. The van der Waals surface area contributed by atoms with Gasteiger partial charge in [-0.25, -0.2) is 8.42 Å². The van der Waals surface area contributed by atoms with Crippen molar-refractivity contribution < 1.29 is 18.0 Å². The molecule has 0 bridgehead atoms. The van der Waals surface area contributed by atoms with Crippen molar-refractivity contribution >= 4 is 33.4 Å². The fourth-order valence-corrected chi connectivity index (χ4v) is 4.82. The van der Waals surface area contributed by atoms with E-state index in [2.05, 4.69) is 17.2 Å². The molecule has 0 spiro atoms. The number of carbonyl (C=O) groups excluding carboxylic acids is 2. The summed E-state index contributed by atoms with van der Waals surface area (Å²) in [6, 6.07) is 4.20. The third-order valence-corrected chi connectivity index (χ3v) is 6.65. The number of sulfonamides is 1. The molecule has 0 aliphatic carbocycles. The molecule has 1 fully saturated rings. The summed E-state index contributed by atoms with van der Waals surface area (Å²) in [4.78, 5) is 23.3. The lowest BCUT2D eigenvalue weighted by Gasteiger charge is -2.21. The monoisotopic (exact) mass is 413 g/mol. The van der Waals surface area contributed by atoms with Crippen molar-refractivity contribution in [2.45, 2.75) is 30.6 Å². The highest BCUT2D eigenvalue weighted by Crippen LogP contribution is 2.27. The van der Waals surface area contributed by atoms with Crippen molar-refractivity contribution in [3.05, 3.63) is 41.4 Å². The predicted molar refractivity (Wildman–Crippen MR) is 104 cm³/mol. The third kappa shape index (κ3) is 5.79. The Morgan fingerprint density at radius 3 is 2.37 bits per heavy atom. The molecule has 1 aromatic carbocycles. The minimum Gasteiger partial charge on any atom is -0.351 e. The second-order valence-electron chi connectivity index (χ2n) is 6.21. The van der Waals surface area contributed by atoms with Crippen LogP contribution in [0.1, 0.15) is 36.0 Å². The Morgan fingerprint density at radius 1 is 1.11 bits per heavy atom. The highest BCUT2D eigenvalue weighted by atomic mass is 35.5. The molecule has 1 heterocycles. The lowest BCUT2D eigenvalue weighted by atomic mass is 10.2. The summed E-state index contributed by atoms with van der Waals surface area (Å²) in [5.74, 6) is -0.770. The zero-order chi connectivity index (χ0) is 19.9. The first-order valence-electron chi connectivity index (χ1n) is 8.84. The van der Waals surface area contributed by atoms with Crippen LogP contribution in [0.2, 0.25) is 5.02 Å². The van der Waals surface area contributed by atoms with Gasteiger partial charge in [-0.3, -0.25) is 9.59 Å². The Bertz CT molecular complexity index is 803. The van der Waals surface area contributed by atoms with Crippen LogP contribution < -0.4 is 10.6 Å². The smallest absolute Gasteiger partial charge is 0.251 e. The van der Waals surface area contributed by atoms with Crippen molar-refractivity contribution in [3.63, 3.8) is 0 Å². The molecule has 1 aromatic rings. The summed E-state index contributed by atoms with van der Waals surface area (Å²) in [6.07, 6.45) is 4.77. The lowest BCUT2D eigenvalue weighted by Crippen LogP contribution is -2.34. The molecule has 2 N–H and O–H groups in total. The Kier molecular flexibility index (Phi) is 7.82. The third-order valence-electron chi connectivity index (χ3n) is 4.27. The van der Waals surface area contributed by atoms with Gasteiger partial charge in [-0.05, 0) is 37.1 Å². The summed E-state index contributed by atoms with van der Waals surface area (Å²) in [6.45, 7) is 4.69. The van der Waals surface area contributed by atoms with Gasteiger partial charge < -0.3 is 10.6 Å². The van der Waals surface area contributed by atoms with Gasteiger partial charge in [0.2, 0.25) is 15.9 Å². The molecule has 9 heteroatoms. The van der Waals surface area contributed by atoms with Gasteiger partial charge in [0.05, 0.1) is 5.02 Å². The van der Waals surface area contributed by atoms with Crippen molar-refractivity contribution in [2.24, 2.45) is 0 Å². The van der Waals surface area contributed by atoms with Gasteiger partial charge in [-0.2, -0.15) is 4.31 Å². The van der Waals surface area contributed by atoms with Crippen LogP contribution in [-0.2, 0) is 14.8 Å². The van der Waals surface area contributed by atoms with Crippen molar-refractivity contribution in [3.8, 4) is 0 Å². The lowest BCUT2D eigenvalue weighted by molar-refractivity contribution is -0.116. The first-order valence-corrected chi connectivity index (χ1v) is 10.7. The molecular weight excluding hydrogens is 390 g/mol. The minimum absolute atomic E-state index is 0.0568. The summed E-state index contributed by atoms with van der Waals surface area (Å²) in [5, 5.41) is 5.26. The maximum absolute atomic E-state index is 13.0. The summed E-state index contributed by atoms with van der Waals surface area (Å²) < 4.78 is 27.4. The van der Waals surface area contributed by atoms with E-state index >= 15 is 0 Å². The van der Waals surface area contributed by atoms with E-state index in [4.69, 9.17) is 11.6 Å². The number of nitrogens with zero attached hydrogens (tertiary/aromatic N) is 1. The maximum atomic E-state index is 13.0. The van der Waals surface area contributed by atoms with E-state index in [-0.39, 0.29) is 34.5 Å². The highest BCUT2D eigenvalue weighted by molar-refractivity contribution is 7.89. The highest BCUT2D eigenvalue weighted by Gasteiger charge is 2.28. The first kappa shape index (κ1) is 21.4. The molecule has 1 aliphatic rings.